The van der Waals surface area contributed by atoms with Crippen molar-refractivity contribution in [3.05, 3.63) is 70.8 Å². The van der Waals surface area contributed by atoms with E-state index in [1.165, 1.54) is 22.3 Å². The number of hydrogen-bond acceptors (Lipinski definition) is 1. The highest BCUT2D eigenvalue weighted by Gasteiger charge is 2.41. The number of hydrogen-bond donors (Lipinski definition) is 0. The molecule has 1 aliphatic heterocycles. The van der Waals surface area contributed by atoms with Gasteiger partial charge in [0.15, 0.2) is 0 Å². The number of benzene rings is 2. The fraction of sp³-hybridized carbons (Fsp3) is 0.455. The summed E-state index contributed by atoms with van der Waals surface area (Å²) in [6, 6.07) is 17.8. The molecule has 0 amide bonds. The third kappa shape index (κ3) is 3.50. The minimum atomic E-state index is 0.200. The second-order valence-electron chi connectivity index (χ2n) is 8.72. The third-order valence-corrected chi connectivity index (χ3v) is 4.70. The Hall–Kier alpha value is -1.60. The minimum Gasteiger partial charge on any atom is -0.359 e. The van der Waals surface area contributed by atoms with Crippen LogP contribution in [-0.2, 0) is 15.6 Å². The maximum Gasteiger partial charge on any atom is 0.114 e. The van der Waals surface area contributed by atoms with Gasteiger partial charge in [0.2, 0.25) is 0 Å². The lowest BCUT2D eigenvalue weighted by atomic mass is 9.86. The van der Waals surface area contributed by atoms with Crippen molar-refractivity contribution in [2.75, 3.05) is 0 Å². The van der Waals surface area contributed by atoms with Crippen LogP contribution in [0.1, 0.15) is 76.0 Å². The Morgan fingerprint density at radius 1 is 0.565 bits per heavy atom. The highest BCUT2D eigenvalue weighted by Crippen LogP contribution is 2.51. The van der Waals surface area contributed by atoms with E-state index in [1.807, 2.05) is 0 Å². The van der Waals surface area contributed by atoms with Crippen LogP contribution >= 0.6 is 0 Å². The molecule has 1 nitrogen and oxygen atoms in total. The van der Waals surface area contributed by atoms with E-state index >= 15 is 0 Å². The summed E-state index contributed by atoms with van der Waals surface area (Å²) in [6.07, 6.45) is 0.425. The Labute approximate surface area is 140 Å². The molecule has 1 heterocycles. The fourth-order valence-corrected chi connectivity index (χ4v) is 2.96. The predicted octanol–water partition coefficient (Wildman–Crippen LogP) is 6.09. The van der Waals surface area contributed by atoms with E-state index in [0.29, 0.717) is 0 Å². The molecule has 2 aromatic rings. The van der Waals surface area contributed by atoms with Gasteiger partial charge in [-0.25, -0.2) is 0 Å². The summed E-state index contributed by atoms with van der Waals surface area (Å²) in [6.45, 7) is 13.5. The molecular weight excluding hydrogens is 280 g/mol. The lowest BCUT2D eigenvalue weighted by molar-refractivity contribution is 0.377. The molecule has 2 aromatic carbocycles. The fourth-order valence-electron chi connectivity index (χ4n) is 2.96. The Morgan fingerprint density at radius 2 is 0.870 bits per heavy atom. The quantitative estimate of drug-likeness (QED) is 0.611. The molecule has 2 atom stereocenters. The van der Waals surface area contributed by atoms with Gasteiger partial charge in [-0.2, -0.15) is 0 Å². The van der Waals surface area contributed by atoms with Gasteiger partial charge >= 0.3 is 0 Å². The largest absolute Gasteiger partial charge is 0.359 e. The van der Waals surface area contributed by atoms with E-state index < -0.39 is 0 Å². The highest BCUT2D eigenvalue weighted by molar-refractivity contribution is 5.35. The van der Waals surface area contributed by atoms with E-state index in [0.717, 1.165) is 0 Å². The van der Waals surface area contributed by atoms with Gasteiger partial charge in [0.1, 0.15) is 12.2 Å². The zero-order chi connectivity index (χ0) is 16.8. The van der Waals surface area contributed by atoms with Crippen LogP contribution in [0.5, 0.6) is 0 Å². The van der Waals surface area contributed by atoms with Crippen molar-refractivity contribution in [2.24, 2.45) is 0 Å². The van der Waals surface area contributed by atoms with Crippen molar-refractivity contribution >= 4 is 0 Å². The van der Waals surface area contributed by atoms with Crippen LogP contribution in [0.25, 0.3) is 0 Å². The van der Waals surface area contributed by atoms with Crippen molar-refractivity contribution in [3.8, 4) is 0 Å². The minimum absolute atomic E-state index is 0.200. The standard InChI is InChI=1S/C22H28O/c1-21(2,3)17-11-7-15(8-12-17)19-20(23-19)16-9-13-18(14-10-16)22(4,5)6/h7-14,19-20H,1-6H3/t19-,20-/m1/s1. The molecule has 0 saturated carbocycles. The van der Waals surface area contributed by atoms with Crippen molar-refractivity contribution in [1.82, 2.24) is 0 Å². The molecule has 3 rings (SSSR count). The van der Waals surface area contributed by atoms with Crippen LogP contribution in [0.4, 0.5) is 0 Å². The van der Waals surface area contributed by atoms with Crippen molar-refractivity contribution < 1.29 is 4.74 Å². The molecule has 0 radical (unpaired) electrons. The zero-order valence-corrected chi connectivity index (χ0v) is 15.2. The molecule has 122 valence electrons. The van der Waals surface area contributed by atoms with E-state index in [1.54, 1.807) is 0 Å². The maximum atomic E-state index is 5.94. The summed E-state index contributed by atoms with van der Waals surface area (Å²) in [5.41, 5.74) is 5.70. The van der Waals surface area contributed by atoms with E-state index in [-0.39, 0.29) is 23.0 Å². The number of rotatable bonds is 2. The second-order valence-corrected chi connectivity index (χ2v) is 8.72. The first kappa shape index (κ1) is 16.3. The maximum absolute atomic E-state index is 5.94. The monoisotopic (exact) mass is 308 g/mol. The second kappa shape index (κ2) is 5.49. The first-order valence-electron chi connectivity index (χ1n) is 8.52. The SMILES string of the molecule is CC(C)(C)c1ccc([C@H]2O[C@@H]2c2ccc(C(C)(C)C)cc2)cc1. The Kier molecular flexibility index (Phi) is 3.88. The van der Waals surface area contributed by atoms with Gasteiger partial charge in [0, 0.05) is 0 Å². The van der Waals surface area contributed by atoms with Crippen molar-refractivity contribution in [2.45, 2.75) is 64.6 Å². The number of epoxide rings is 1. The van der Waals surface area contributed by atoms with Gasteiger partial charge in [-0.3, -0.25) is 0 Å². The molecule has 0 N–H and O–H groups in total. The summed E-state index contributed by atoms with van der Waals surface area (Å²) in [5.74, 6) is 0. The third-order valence-electron chi connectivity index (χ3n) is 4.70. The van der Waals surface area contributed by atoms with E-state index in [2.05, 4.69) is 90.1 Å². The summed E-state index contributed by atoms with van der Waals surface area (Å²) >= 11 is 0. The molecule has 1 fully saturated rings. The lowest BCUT2D eigenvalue weighted by Crippen LogP contribution is -2.10. The zero-order valence-electron chi connectivity index (χ0n) is 15.2. The van der Waals surface area contributed by atoms with Gasteiger partial charge < -0.3 is 4.74 Å². The topological polar surface area (TPSA) is 12.5 Å². The lowest BCUT2D eigenvalue weighted by Gasteiger charge is -2.19. The molecule has 0 unspecified atom stereocenters. The van der Waals surface area contributed by atoms with Gasteiger partial charge in [0.05, 0.1) is 0 Å². The highest BCUT2D eigenvalue weighted by atomic mass is 16.6. The molecule has 1 heteroatoms. The number of ether oxygens (including phenoxy) is 1. The molecule has 1 aliphatic rings. The average Bonchev–Trinajstić information content (AvgIpc) is 3.26. The first-order chi connectivity index (χ1) is 10.7. The van der Waals surface area contributed by atoms with Gasteiger partial charge in [0.25, 0.3) is 0 Å². The molecule has 0 spiro atoms. The molecule has 0 bridgehead atoms. The average molecular weight is 308 g/mol. The Bertz CT molecular complexity index is 604. The molecule has 0 aliphatic carbocycles. The van der Waals surface area contributed by atoms with Crippen LogP contribution in [0.2, 0.25) is 0 Å². The van der Waals surface area contributed by atoms with E-state index in [4.69, 9.17) is 4.74 Å². The first-order valence-corrected chi connectivity index (χ1v) is 8.52. The summed E-state index contributed by atoms with van der Waals surface area (Å²) in [5, 5.41) is 0. The molecule has 1 saturated heterocycles. The summed E-state index contributed by atoms with van der Waals surface area (Å²) < 4.78 is 5.94. The molecule has 23 heavy (non-hydrogen) atoms. The smallest absolute Gasteiger partial charge is 0.114 e. The normalized spacial score (nSPS) is 21.3. The Morgan fingerprint density at radius 3 is 1.13 bits per heavy atom. The molecule has 0 aromatic heterocycles. The summed E-state index contributed by atoms with van der Waals surface area (Å²) in [7, 11) is 0. The van der Waals surface area contributed by atoms with Gasteiger partial charge in [-0.05, 0) is 33.1 Å². The molecular formula is C22H28O. The van der Waals surface area contributed by atoms with E-state index in [9.17, 15) is 0 Å². The predicted molar refractivity (Wildman–Crippen MR) is 96.9 cm³/mol. The summed E-state index contributed by atoms with van der Waals surface area (Å²) in [4.78, 5) is 0. The van der Waals surface area contributed by atoms with Gasteiger partial charge in [-0.15, -0.1) is 0 Å². The Balaban J connectivity index is 1.72. The van der Waals surface area contributed by atoms with Crippen LogP contribution in [-0.4, -0.2) is 0 Å². The van der Waals surface area contributed by atoms with Crippen LogP contribution in [0.3, 0.4) is 0 Å². The van der Waals surface area contributed by atoms with Crippen molar-refractivity contribution in [1.29, 1.82) is 0 Å². The van der Waals surface area contributed by atoms with Gasteiger partial charge in [-0.1, -0.05) is 90.1 Å². The van der Waals surface area contributed by atoms with Crippen LogP contribution in [0.15, 0.2) is 48.5 Å². The van der Waals surface area contributed by atoms with Crippen LogP contribution < -0.4 is 0 Å². The van der Waals surface area contributed by atoms with Crippen molar-refractivity contribution in [3.63, 3.8) is 0 Å². The van der Waals surface area contributed by atoms with Crippen LogP contribution in [0, 0.1) is 0 Å².